The van der Waals surface area contributed by atoms with Crippen LogP contribution in [0.1, 0.15) is 37.7 Å². The highest BCUT2D eigenvalue weighted by Crippen LogP contribution is 2.38. The normalized spacial score (nSPS) is 28.0. The summed E-state index contributed by atoms with van der Waals surface area (Å²) in [5, 5.41) is 0. The van der Waals surface area contributed by atoms with Gasteiger partial charge in [0.25, 0.3) is 0 Å². The first kappa shape index (κ1) is 15.9. The molecular formula is C16H25N3O2S. The molecule has 2 aliphatic rings. The second kappa shape index (κ2) is 6.26. The predicted molar refractivity (Wildman–Crippen MR) is 86.9 cm³/mol. The van der Waals surface area contributed by atoms with E-state index in [0.29, 0.717) is 6.54 Å². The van der Waals surface area contributed by atoms with Crippen LogP contribution in [-0.2, 0) is 16.6 Å². The van der Waals surface area contributed by atoms with Crippen molar-refractivity contribution in [2.75, 3.05) is 25.9 Å². The zero-order valence-electron chi connectivity index (χ0n) is 13.2. The zero-order chi connectivity index (χ0) is 15.6. The minimum atomic E-state index is -3.13. The Hall–Kier alpha value is -0.980. The van der Waals surface area contributed by atoms with Gasteiger partial charge in [-0.15, -0.1) is 0 Å². The van der Waals surface area contributed by atoms with E-state index >= 15 is 0 Å². The number of sulfonamides is 1. The number of aromatic nitrogens is 1. The molecular weight excluding hydrogens is 298 g/mol. The molecule has 22 heavy (non-hydrogen) atoms. The first-order chi connectivity index (χ1) is 10.5. The minimum Gasteiger partial charge on any atom is -0.297 e. The SMILES string of the molecule is CS(=O)(=O)N1CCCCC12CCCN(Cc1ccncc1)C2. The predicted octanol–water partition coefficient (Wildman–Crippen LogP) is 1.86. The fraction of sp³-hybridized carbons (Fsp3) is 0.688. The van der Waals surface area contributed by atoms with E-state index in [2.05, 4.69) is 9.88 Å². The second-order valence-corrected chi connectivity index (χ2v) is 8.59. The molecule has 122 valence electrons. The monoisotopic (exact) mass is 323 g/mol. The van der Waals surface area contributed by atoms with Gasteiger partial charge in [0.2, 0.25) is 10.0 Å². The van der Waals surface area contributed by atoms with E-state index < -0.39 is 10.0 Å². The number of hydrogen-bond donors (Lipinski definition) is 0. The molecule has 1 aromatic rings. The molecule has 2 aliphatic heterocycles. The van der Waals surface area contributed by atoms with Crippen LogP contribution in [0, 0.1) is 0 Å². The number of likely N-dealkylation sites (tertiary alicyclic amines) is 1. The number of pyridine rings is 1. The minimum absolute atomic E-state index is 0.183. The van der Waals surface area contributed by atoms with Gasteiger partial charge in [-0.3, -0.25) is 9.88 Å². The van der Waals surface area contributed by atoms with Crippen molar-refractivity contribution in [3.8, 4) is 0 Å². The Bertz CT molecular complexity index is 601. The molecule has 2 saturated heterocycles. The molecule has 1 spiro atoms. The van der Waals surface area contributed by atoms with Gasteiger partial charge in [-0.1, -0.05) is 6.42 Å². The average molecular weight is 323 g/mol. The summed E-state index contributed by atoms with van der Waals surface area (Å²) in [5.41, 5.74) is 1.06. The van der Waals surface area contributed by atoms with E-state index in [-0.39, 0.29) is 5.54 Å². The lowest BCUT2D eigenvalue weighted by atomic mass is 9.81. The van der Waals surface area contributed by atoms with Crippen molar-refractivity contribution in [3.63, 3.8) is 0 Å². The molecule has 5 nitrogen and oxygen atoms in total. The topological polar surface area (TPSA) is 53.5 Å². The van der Waals surface area contributed by atoms with Crippen molar-refractivity contribution in [3.05, 3.63) is 30.1 Å². The average Bonchev–Trinajstić information content (AvgIpc) is 2.47. The summed E-state index contributed by atoms with van der Waals surface area (Å²) in [6, 6.07) is 4.08. The molecule has 1 aromatic heterocycles. The Balaban J connectivity index is 1.78. The zero-order valence-corrected chi connectivity index (χ0v) is 14.1. The molecule has 3 rings (SSSR count). The van der Waals surface area contributed by atoms with Crippen LogP contribution >= 0.6 is 0 Å². The summed E-state index contributed by atoms with van der Waals surface area (Å²) in [7, 11) is -3.13. The molecule has 0 radical (unpaired) electrons. The number of rotatable bonds is 3. The fourth-order valence-electron chi connectivity index (χ4n) is 4.08. The Kier molecular flexibility index (Phi) is 4.52. The van der Waals surface area contributed by atoms with Crippen LogP contribution in [0.15, 0.2) is 24.5 Å². The molecule has 0 amide bonds. The summed E-state index contributed by atoms with van der Waals surface area (Å²) in [5.74, 6) is 0. The third-order valence-corrected chi connectivity index (χ3v) is 6.34. The largest absolute Gasteiger partial charge is 0.297 e. The van der Waals surface area contributed by atoms with Gasteiger partial charge >= 0.3 is 0 Å². The van der Waals surface area contributed by atoms with Crippen LogP contribution in [0.25, 0.3) is 0 Å². The molecule has 0 N–H and O–H groups in total. The summed E-state index contributed by atoms with van der Waals surface area (Å²) in [6.45, 7) is 3.45. The quantitative estimate of drug-likeness (QED) is 0.852. The van der Waals surface area contributed by atoms with Gasteiger partial charge in [-0.05, 0) is 49.9 Å². The van der Waals surface area contributed by atoms with Gasteiger partial charge in [0, 0.05) is 37.6 Å². The molecule has 0 aromatic carbocycles. The highest BCUT2D eigenvalue weighted by molar-refractivity contribution is 7.88. The van der Waals surface area contributed by atoms with Gasteiger partial charge in [-0.2, -0.15) is 4.31 Å². The van der Waals surface area contributed by atoms with E-state index in [1.165, 1.54) is 11.8 Å². The van der Waals surface area contributed by atoms with Gasteiger partial charge < -0.3 is 0 Å². The van der Waals surface area contributed by atoms with Crippen LogP contribution < -0.4 is 0 Å². The van der Waals surface area contributed by atoms with Crippen molar-refractivity contribution in [2.24, 2.45) is 0 Å². The first-order valence-electron chi connectivity index (χ1n) is 8.09. The molecule has 6 heteroatoms. The van der Waals surface area contributed by atoms with Crippen LogP contribution in [0.3, 0.4) is 0 Å². The first-order valence-corrected chi connectivity index (χ1v) is 9.94. The molecule has 1 unspecified atom stereocenters. The van der Waals surface area contributed by atoms with Crippen molar-refractivity contribution in [1.29, 1.82) is 0 Å². The van der Waals surface area contributed by atoms with Gasteiger partial charge in [0.05, 0.1) is 6.26 Å². The van der Waals surface area contributed by atoms with Gasteiger partial charge in [0.15, 0.2) is 0 Å². The maximum Gasteiger partial charge on any atom is 0.211 e. The van der Waals surface area contributed by atoms with Crippen molar-refractivity contribution >= 4 is 10.0 Å². The van der Waals surface area contributed by atoms with Gasteiger partial charge in [-0.25, -0.2) is 8.42 Å². The third kappa shape index (κ3) is 3.34. The number of hydrogen-bond acceptors (Lipinski definition) is 4. The Morgan fingerprint density at radius 2 is 1.86 bits per heavy atom. The Labute approximate surface area is 133 Å². The highest BCUT2D eigenvalue weighted by atomic mass is 32.2. The molecule has 1 atom stereocenters. The van der Waals surface area contributed by atoms with E-state index in [1.54, 1.807) is 4.31 Å². The van der Waals surface area contributed by atoms with Crippen LogP contribution in [0.2, 0.25) is 0 Å². The van der Waals surface area contributed by atoms with Crippen LogP contribution in [0.4, 0.5) is 0 Å². The van der Waals surface area contributed by atoms with Gasteiger partial charge in [0.1, 0.15) is 0 Å². The summed E-state index contributed by atoms with van der Waals surface area (Å²) < 4.78 is 26.2. The molecule has 0 bridgehead atoms. The van der Waals surface area contributed by atoms with Crippen LogP contribution in [0.5, 0.6) is 0 Å². The van der Waals surface area contributed by atoms with Crippen molar-refractivity contribution in [2.45, 2.75) is 44.2 Å². The van der Waals surface area contributed by atoms with Crippen molar-refractivity contribution in [1.82, 2.24) is 14.2 Å². The number of nitrogens with zero attached hydrogens (tertiary/aromatic N) is 3. The molecule has 0 saturated carbocycles. The smallest absolute Gasteiger partial charge is 0.211 e. The Morgan fingerprint density at radius 1 is 1.14 bits per heavy atom. The summed E-state index contributed by atoms with van der Waals surface area (Å²) >= 11 is 0. The third-order valence-electron chi connectivity index (χ3n) is 4.97. The summed E-state index contributed by atoms with van der Waals surface area (Å²) in [4.78, 5) is 6.47. The van der Waals surface area contributed by atoms with Crippen molar-refractivity contribution < 1.29 is 8.42 Å². The fourth-order valence-corrected chi connectivity index (χ4v) is 5.49. The van der Waals surface area contributed by atoms with Crippen LogP contribution in [-0.4, -0.2) is 54.0 Å². The molecule has 0 aliphatic carbocycles. The van der Waals surface area contributed by atoms with E-state index in [9.17, 15) is 8.42 Å². The molecule has 2 fully saturated rings. The molecule has 3 heterocycles. The maximum absolute atomic E-state index is 12.2. The Morgan fingerprint density at radius 3 is 2.59 bits per heavy atom. The standard InChI is InChI=1S/C16H25N3O2S/c1-22(20,21)19-12-3-2-7-16(19)8-4-11-18(14-16)13-15-5-9-17-10-6-15/h5-6,9-10H,2-4,7-8,11-14H2,1H3. The van der Waals surface area contributed by atoms with E-state index in [0.717, 1.165) is 51.7 Å². The second-order valence-electron chi connectivity index (χ2n) is 6.69. The highest BCUT2D eigenvalue weighted by Gasteiger charge is 2.45. The number of piperidine rings is 2. The van der Waals surface area contributed by atoms with E-state index in [1.807, 2.05) is 24.5 Å². The lowest BCUT2D eigenvalue weighted by Crippen LogP contribution is -2.61. The lowest BCUT2D eigenvalue weighted by Gasteiger charge is -2.51. The maximum atomic E-state index is 12.2. The van der Waals surface area contributed by atoms with E-state index in [4.69, 9.17) is 0 Å². The summed E-state index contributed by atoms with van der Waals surface area (Å²) in [6.07, 6.45) is 10.2. The lowest BCUT2D eigenvalue weighted by molar-refractivity contribution is 0.0337.